The molecule has 1 aromatic heterocycles. The molecule has 1 heterocycles. The predicted molar refractivity (Wildman–Crippen MR) is 132 cm³/mol. The molecular weight excluding hydrogens is 426 g/mol. The minimum Gasteiger partial charge on any atom is -0.390 e. The fourth-order valence-corrected chi connectivity index (χ4v) is 7.81. The number of nitrogens with one attached hydrogen (secondary N) is 1. The number of fused-ring (bicyclic) bond motifs is 5. The number of allylic oxidation sites excluding steroid dienone is 2. The van der Waals surface area contributed by atoms with E-state index in [-0.39, 0.29) is 23.3 Å². The lowest BCUT2D eigenvalue weighted by Crippen LogP contribution is -2.53. The fraction of sp³-hybridized carbons (Fsp3) is 0.679. The van der Waals surface area contributed by atoms with Gasteiger partial charge in [0.05, 0.1) is 11.3 Å². The van der Waals surface area contributed by atoms with E-state index in [4.69, 9.17) is 4.84 Å². The SMILES string of the molecule is C[C@]12CCC(=NOCC(=O)NCc3ccncc3)C=C1CC[C@@H]1C2CC[C@@]2(C)C1CC[C@]2(C)O. The summed E-state index contributed by atoms with van der Waals surface area (Å²) in [6.07, 6.45) is 14.5. The smallest absolute Gasteiger partial charge is 0.261 e. The van der Waals surface area contributed by atoms with Gasteiger partial charge >= 0.3 is 0 Å². The van der Waals surface area contributed by atoms with Crippen LogP contribution in [0.25, 0.3) is 0 Å². The minimum absolute atomic E-state index is 0.0683. The summed E-state index contributed by atoms with van der Waals surface area (Å²) < 4.78 is 0. The van der Waals surface area contributed by atoms with Crippen molar-refractivity contribution in [1.29, 1.82) is 0 Å². The molecule has 3 fully saturated rings. The van der Waals surface area contributed by atoms with Crippen molar-refractivity contribution in [2.75, 3.05) is 6.61 Å². The monoisotopic (exact) mass is 465 g/mol. The van der Waals surface area contributed by atoms with Gasteiger partial charge in [0, 0.05) is 18.9 Å². The Kier molecular flexibility index (Phi) is 6.07. The molecule has 0 radical (unpaired) electrons. The van der Waals surface area contributed by atoms with E-state index in [0.717, 1.165) is 43.4 Å². The molecule has 6 nitrogen and oxygen atoms in total. The van der Waals surface area contributed by atoms with E-state index in [2.05, 4.69) is 42.3 Å². The lowest BCUT2D eigenvalue weighted by atomic mass is 9.46. The van der Waals surface area contributed by atoms with Crippen LogP contribution in [0.3, 0.4) is 0 Å². The van der Waals surface area contributed by atoms with Gasteiger partial charge < -0.3 is 15.3 Å². The predicted octanol–water partition coefficient (Wildman–Crippen LogP) is 4.78. The van der Waals surface area contributed by atoms with Gasteiger partial charge in [-0.3, -0.25) is 9.78 Å². The Labute approximate surface area is 203 Å². The van der Waals surface area contributed by atoms with Crippen LogP contribution in [-0.4, -0.2) is 33.9 Å². The maximum absolute atomic E-state index is 12.1. The molecular formula is C28H39N3O3. The molecule has 0 bridgehead atoms. The number of aliphatic hydroxyl groups is 1. The molecule has 1 amide bonds. The molecule has 6 atom stereocenters. The Morgan fingerprint density at radius 3 is 2.68 bits per heavy atom. The highest BCUT2D eigenvalue weighted by atomic mass is 16.6. The second-order valence-corrected chi connectivity index (χ2v) is 11.8. The van der Waals surface area contributed by atoms with Gasteiger partial charge in [0.25, 0.3) is 5.91 Å². The van der Waals surface area contributed by atoms with Crippen LogP contribution in [0.15, 0.2) is 41.3 Å². The number of carbonyl (C=O) groups excluding carboxylic acids is 1. The van der Waals surface area contributed by atoms with Crippen molar-refractivity contribution in [2.45, 2.75) is 84.3 Å². The zero-order valence-electron chi connectivity index (χ0n) is 20.8. The molecule has 0 aliphatic heterocycles. The standard InChI is InChI=1S/C28H39N3O3/c1-26-11-6-21(31-34-18-25(32)30-17-19-9-14-29-15-10-19)16-20(26)4-5-22-23(26)7-12-27(2)24(22)8-13-28(27,3)33/h9-10,14-16,22-24,33H,4-8,11-13,17-18H2,1-3H3,(H,30,32)/t22-,23?,24?,26+,27+,28+/m1/s1. The molecule has 5 rings (SSSR count). The normalized spacial score (nSPS) is 40.1. The number of amides is 1. The van der Waals surface area contributed by atoms with E-state index in [9.17, 15) is 9.90 Å². The maximum Gasteiger partial charge on any atom is 0.261 e. The van der Waals surface area contributed by atoms with Gasteiger partial charge in [-0.05, 0) is 111 Å². The second kappa shape index (κ2) is 8.78. The van der Waals surface area contributed by atoms with Crippen LogP contribution in [-0.2, 0) is 16.2 Å². The van der Waals surface area contributed by atoms with Gasteiger partial charge in [-0.25, -0.2) is 0 Å². The van der Waals surface area contributed by atoms with E-state index >= 15 is 0 Å². The molecule has 0 saturated heterocycles. The molecule has 3 saturated carbocycles. The van der Waals surface area contributed by atoms with E-state index in [1.165, 1.54) is 24.8 Å². The van der Waals surface area contributed by atoms with Crippen LogP contribution in [0.1, 0.15) is 77.7 Å². The third-order valence-electron chi connectivity index (χ3n) is 10.2. The Morgan fingerprint density at radius 1 is 1.12 bits per heavy atom. The highest BCUT2D eigenvalue weighted by molar-refractivity contribution is 5.96. The minimum atomic E-state index is -0.520. The van der Waals surface area contributed by atoms with Crippen molar-refractivity contribution in [3.8, 4) is 0 Å². The maximum atomic E-state index is 12.1. The zero-order chi connectivity index (χ0) is 24.0. The molecule has 4 aliphatic rings. The number of carbonyl (C=O) groups is 1. The van der Waals surface area contributed by atoms with Crippen LogP contribution < -0.4 is 5.32 Å². The van der Waals surface area contributed by atoms with Crippen molar-refractivity contribution in [1.82, 2.24) is 10.3 Å². The van der Waals surface area contributed by atoms with Gasteiger partial charge in [-0.1, -0.05) is 24.6 Å². The first-order valence-electron chi connectivity index (χ1n) is 13.0. The van der Waals surface area contributed by atoms with E-state index in [1.54, 1.807) is 12.4 Å². The first-order valence-corrected chi connectivity index (χ1v) is 13.0. The van der Waals surface area contributed by atoms with Gasteiger partial charge in [-0.2, -0.15) is 0 Å². The summed E-state index contributed by atoms with van der Waals surface area (Å²) in [5.74, 6) is 1.88. The molecule has 184 valence electrons. The van der Waals surface area contributed by atoms with Crippen molar-refractivity contribution in [3.05, 3.63) is 41.7 Å². The summed E-state index contributed by atoms with van der Waals surface area (Å²) in [7, 11) is 0. The van der Waals surface area contributed by atoms with Crippen molar-refractivity contribution < 1.29 is 14.7 Å². The number of hydrogen-bond acceptors (Lipinski definition) is 5. The average molecular weight is 466 g/mol. The third kappa shape index (κ3) is 3.98. The Hall–Kier alpha value is -2.21. The summed E-state index contributed by atoms with van der Waals surface area (Å²) in [5, 5.41) is 18.3. The summed E-state index contributed by atoms with van der Waals surface area (Å²) in [6.45, 7) is 7.29. The van der Waals surface area contributed by atoms with Crippen LogP contribution >= 0.6 is 0 Å². The number of hydrogen-bond donors (Lipinski definition) is 2. The third-order valence-corrected chi connectivity index (χ3v) is 10.2. The first kappa shape index (κ1) is 23.5. The molecule has 2 unspecified atom stereocenters. The number of oxime groups is 1. The van der Waals surface area contributed by atoms with Crippen LogP contribution in [0.2, 0.25) is 0 Å². The number of nitrogens with zero attached hydrogens (tertiary/aromatic N) is 2. The second-order valence-electron chi connectivity index (χ2n) is 11.8. The van der Waals surface area contributed by atoms with E-state index in [0.29, 0.717) is 24.3 Å². The summed E-state index contributed by atoms with van der Waals surface area (Å²) in [4.78, 5) is 21.5. The van der Waals surface area contributed by atoms with E-state index < -0.39 is 5.60 Å². The molecule has 2 N–H and O–H groups in total. The van der Waals surface area contributed by atoms with Crippen molar-refractivity contribution in [3.63, 3.8) is 0 Å². The van der Waals surface area contributed by atoms with E-state index in [1.807, 2.05) is 12.1 Å². The Balaban J connectivity index is 1.20. The van der Waals surface area contributed by atoms with Crippen molar-refractivity contribution in [2.24, 2.45) is 33.7 Å². The first-order chi connectivity index (χ1) is 16.2. The summed E-state index contributed by atoms with van der Waals surface area (Å²) in [6, 6.07) is 3.76. The van der Waals surface area contributed by atoms with Crippen LogP contribution in [0.4, 0.5) is 0 Å². The number of aromatic nitrogens is 1. The lowest BCUT2D eigenvalue weighted by Gasteiger charge is -2.59. The quantitative estimate of drug-likeness (QED) is 0.613. The Morgan fingerprint density at radius 2 is 1.88 bits per heavy atom. The molecule has 4 aliphatic carbocycles. The van der Waals surface area contributed by atoms with Gasteiger partial charge in [0.1, 0.15) is 0 Å². The highest BCUT2D eigenvalue weighted by Crippen LogP contribution is 2.67. The molecule has 0 aromatic carbocycles. The summed E-state index contributed by atoms with van der Waals surface area (Å²) >= 11 is 0. The number of pyridine rings is 1. The lowest BCUT2D eigenvalue weighted by molar-refractivity contribution is -0.125. The topological polar surface area (TPSA) is 83.8 Å². The summed E-state index contributed by atoms with van der Waals surface area (Å²) in [5.41, 5.74) is 3.24. The van der Waals surface area contributed by atoms with Crippen LogP contribution in [0.5, 0.6) is 0 Å². The molecule has 34 heavy (non-hydrogen) atoms. The average Bonchev–Trinajstić information content (AvgIpc) is 3.07. The molecule has 1 aromatic rings. The zero-order valence-corrected chi connectivity index (χ0v) is 20.8. The number of rotatable bonds is 5. The largest absolute Gasteiger partial charge is 0.390 e. The molecule has 0 spiro atoms. The van der Waals surface area contributed by atoms with Gasteiger partial charge in [0.15, 0.2) is 6.61 Å². The Bertz CT molecular complexity index is 988. The van der Waals surface area contributed by atoms with Crippen LogP contribution in [0, 0.1) is 28.6 Å². The van der Waals surface area contributed by atoms with Gasteiger partial charge in [-0.15, -0.1) is 0 Å². The van der Waals surface area contributed by atoms with Gasteiger partial charge in [0.2, 0.25) is 0 Å². The highest BCUT2D eigenvalue weighted by Gasteiger charge is 2.62. The molecule has 6 heteroatoms. The fourth-order valence-electron chi connectivity index (χ4n) is 7.81. The van der Waals surface area contributed by atoms with Crippen molar-refractivity contribution >= 4 is 11.6 Å².